The van der Waals surface area contributed by atoms with Crippen LogP contribution >= 0.6 is 23.2 Å². The van der Waals surface area contributed by atoms with Gasteiger partial charge in [-0.3, -0.25) is 20.2 Å². The number of benzene rings is 4. The van der Waals surface area contributed by atoms with Crippen LogP contribution < -0.4 is 15.0 Å². The standard InChI is InChI=1S/C35H27Cl2FN4O6/c1-20(42(45)46)14-26-25-16-29(38)28(37)17-30(25)39-32(26)35(40-34(44)48-19-22-6-4-3-5-7-22)27-15-23(36)10-13-31(27)41(33(35)43)18-21-8-11-24(47-2)12-9-21/h3-17,39H,18-19H2,1-2H3,(H,40,44)/b20-14+/t35-/m1/s1. The van der Waals surface area contributed by atoms with Gasteiger partial charge in [0, 0.05) is 40.1 Å². The largest absolute Gasteiger partial charge is 0.497 e. The van der Waals surface area contributed by atoms with Crippen LogP contribution in [0.15, 0.2) is 90.6 Å². The molecule has 48 heavy (non-hydrogen) atoms. The number of nitrogens with zero attached hydrogens (tertiary/aromatic N) is 2. The van der Waals surface area contributed by atoms with Crippen LogP contribution in [0.1, 0.15) is 34.9 Å². The number of H-pyrrole nitrogens is 1. The van der Waals surface area contributed by atoms with Gasteiger partial charge in [-0.1, -0.05) is 65.7 Å². The third-order valence-electron chi connectivity index (χ3n) is 8.12. The minimum absolute atomic E-state index is 0.0165. The van der Waals surface area contributed by atoms with Gasteiger partial charge in [-0.15, -0.1) is 0 Å². The fourth-order valence-corrected chi connectivity index (χ4v) is 6.13. The summed E-state index contributed by atoms with van der Waals surface area (Å²) in [6.07, 6.45) is 0.248. The van der Waals surface area contributed by atoms with Gasteiger partial charge in [0.1, 0.15) is 18.2 Å². The van der Waals surface area contributed by atoms with Crippen molar-refractivity contribution >= 4 is 57.9 Å². The van der Waals surface area contributed by atoms with Crippen LogP contribution in [0.25, 0.3) is 17.0 Å². The summed E-state index contributed by atoms with van der Waals surface area (Å²) >= 11 is 12.7. The van der Waals surface area contributed by atoms with E-state index < -0.39 is 28.3 Å². The van der Waals surface area contributed by atoms with E-state index in [4.69, 9.17) is 32.7 Å². The Morgan fingerprint density at radius 1 is 1.06 bits per heavy atom. The zero-order valence-corrected chi connectivity index (χ0v) is 27.1. The van der Waals surface area contributed by atoms with Crippen molar-refractivity contribution in [2.45, 2.75) is 25.6 Å². The summed E-state index contributed by atoms with van der Waals surface area (Å²) in [5.74, 6) is -0.786. The van der Waals surface area contributed by atoms with E-state index in [1.807, 2.05) is 6.07 Å². The third-order valence-corrected chi connectivity index (χ3v) is 8.64. The molecular weight excluding hydrogens is 662 g/mol. The number of anilines is 1. The normalized spacial score (nSPS) is 15.8. The van der Waals surface area contributed by atoms with E-state index in [0.29, 0.717) is 17.0 Å². The number of allylic oxidation sites excluding steroid dienone is 1. The molecule has 0 spiro atoms. The number of alkyl carbamates (subject to hydrolysis) is 1. The van der Waals surface area contributed by atoms with E-state index in [1.165, 1.54) is 30.0 Å². The van der Waals surface area contributed by atoms with Gasteiger partial charge in [0.2, 0.25) is 5.70 Å². The second-order valence-corrected chi connectivity index (χ2v) is 11.9. The highest BCUT2D eigenvalue weighted by Gasteiger charge is 2.56. The Labute approximate surface area is 283 Å². The van der Waals surface area contributed by atoms with E-state index in [9.17, 15) is 19.3 Å². The van der Waals surface area contributed by atoms with Gasteiger partial charge in [-0.05, 0) is 53.6 Å². The van der Waals surface area contributed by atoms with E-state index in [0.717, 1.165) is 11.6 Å². The fraction of sp³-hybridized carbons (Fsp3) is 0.143. The smallest absolute Gasteiger partial charge is 0.408 e. The molecular formula is C35H27Cl2FN4O6. The number of amides is 2. The summed E-state index contributed by atoms with van der Waals surface area (Å²) in [6.45, 7) is 1.22. The Kier molecular flexibility index (Phi) is 8.83. The molecule has 5 aromatic rings. The monoisotopic (exact) mass is 688 g/mol. The van der Waals surface area contributed by atoms with Gasteiger partial charge >= 0.3 is 6.09 Å². The summed E-state index contributed by atoms with van der Waals surface area (Å²) in [5.41, 5.74) is 0.0946. The maximum absolute atomic E-state index is 15.0. The molecule has 0 saturated carbocycles. The molecule has 2 heterocycles. The first-order valence-corrected chi connectivity index (χ1v) is 15.3. The van der Waals surface area contributed by atoms with Crippen molar-refractivity contribution < 1.29 is 28.4 Å². The quantitative estimate of drug-likeness (QED) is 0.119. The Morgan fingerprint density at radius 3 is 2.48 bits per heavy atom. The molecule has 0 radical (unpaired) electrons. The molecule has 244 valence electrons. The fourth-order valence-electron chi connectivity index (χ4n) is 5.80. The van der Waals surface area contributed by atoms with Crippen LogP contribution in [0.4, 0.5) is 14.9 Å². The lowest BCUT2D eigenvalue weighted by molar-refractivity contribution is -0.422. The first-order valence-electron chi connectivity index (χ1n) is 14.6. The van der Waals surface area contributed by atoms with Crippen LogP contribution in [-0.2, 0) is 28.2 Å². The molecule has 0 unspecified atom stereocenters. The molecule has 10 nitrogen and oxygen atoms in total. The highest BCUT2D eigenvalue weighted by Crippen LogP contribution is 2.48. The number of nitrogens with one attached hydrogen (secondary N) is 2. The Bertz CT molecular complexity index is 2100. The average Bonchev–Trinajstić information content (AvgIpc) is 3.52. The number of hydrogen-bond donors (Lipinski definition) is 2. The first-order chi connectivity index (χ1) is 23.0. The van der Waals surface area contributed by atoms with Crippen LogP contribution in [0.5, 0.6) is 5.75 Å². The van der Waals surface area contributed by atoms with Crippen molar-refractivity contribution in [1.29, 1.82) is 0 Å². The zero-order chi connectivity index (χ0) is 34.2. The molecule has 1 aliphatic heterocycles. The molecule has 0 bridgehead atoms. The van der Waals surface area contributed by atoms with Gasteiger partial charge in [0.15, 0.2) is 5.54 Å². The second kappa shape index (κ2) is 13.0. The molecule has 0 saturated heterocycles. The first kappa shape index (κ1) is 32.5. The van der Waals surface area contributed by atoms with Gasteiger partial charge in [-0.2, -0.15) is 0 Å². The molecule has 13 heteroatoms. The number of hydrogen-bond acceptors (Lipinski definition) is 6. The maximum Gasteiger partial charge on any atom is 0.408 e. The summed E-state index contributed by atoms with van der Waals surface area (Å²) in [4.78, 5) is 44.6. The molecule has 4 aromatic carbocycles. The summed E-state index contributed by atoms with van der Waals surface area (Å²) in [5, 5.41) is 14.9. The summed E-state index contributed by atoms with van der Waals surface area (Å²) in [7, 11) is 1.54. The van der Waals surface area contributed by atoms with Crippen LogP contribution in [0.2, 0.25) is 10.0 Å². The van der Waals surface area contributed by atoms with Crippen LogP contribution in [-0.4, -0.2) is 29.0 Å². The van der Waals surface area contributed by atoms with E-state index in [1.54, 1.807) is 67.8 Å². The lowest BCUT2D eigenvalue weighted by Gasteiger charge is -2.30. The summed E-state index contributed by atoms with van der Waals surface area (Å²) in [6, 6.07) is 23.3. The highest BCUT2D eigenvalue weighted by molar-refractivity contribution is 6.32. The number of aromatic amines is 1. The van der Waals surface area contributed by atoms with Crippen molar-refractivity contribution in [2.24, 2.45) is 0 Å². The number of carbonyl (C=O) groups is 2. The lowest BCUT2D eigenvalue weighted by Crippen LogP contribution is -2.54. The zero-order valence-electron chi connectivity index (χ0n) is 25.6. The number of methoxy groups -OCH3 is 1. The Balaban J connectivity index is 1.58. The molecule has 0 aliphatic carbocycles. The number of halogens is 3. The highest BCUT2D eigenvalue weighted by atomic mass is 35.5. The predicted octanol–water partition coefficient (Wildman–Crippen LogP) is 7.98. The number of nitro groups is 1. The van der Waals surface area contributed by atoms with E-state index in [2.05, 4.69) is 10.3 Å². The number of ether oxygens (including phenoxy) is 2. The molecule has 6 rings (SSSR count). The molecule has 0 fully saturated rings. The van der Waals surface area contributed by atoms with Crippen molar-refractivity contribution in [1.82, 2.24) is 10.3 Å². The van der Waals surface area contributed by atoms with Crippen molar-refractivity contribution in [3.63, 3.8) is 0 Å². The molecule has 1 atom stereocenters. The van der Waals surface area contributed by atoms with Crippen LogP contribution in [0.3, 0.4) is 0 Å². The third kappa shape index (κ3) is 5.94. The number of carbonyl (C=O) groups excluding carboxylic acids is 2. The van der Waals surface area contributed by atoms with Crippen molar-refractivity contribution in [3.8, 4) is 5.75 Å². The second-order valence-electron chi connectivity index (χ2n) is 11.1. The van der Waals surface area contributed by atoms with Crippen molar-refractivity contribution in [2.75, 3.05) is 12.0 Å². The predicted molar refractivity (Wildman–Crippen MR) is 180 cm³/mol. The average molecular weight is 690 g/mol. The maximum atomic E-state index is 15.0. The topological polar surface area (TPSA) is 127 Å². The van der Waals surface area contributed by atoms with Gasteiger partial charge in [0.05, 0.1) is 35.0 Å². The number of aromatic nitrogens is 1. The molecule has 2 amide bonds. The Morgan fingerprint density at radius 2 is 1.79 bits per heavy atom. The minimum Gasteiger partial charge on any atom is -0.497 e. The van der Waals surface area contributed by atoms with E-state index >= 15 is 4.79 Å². The van der Waals surface area contributed by atoms with E-state index in [-0.39, 0.29) is 56.6 Å². The van der Waals surface area contributed by atoms with Gasteiger partial charge < -0.3 is 19.4 Å². The number of fused-ring (bicyclic) bond motifs is 2. The minimum atomic E-state index is -2.08. The van der Waals surface area contributed by atoms with Crippen LogP contribution in [0, 0.1) is 15.9 Å². The summed E-state index contributed by atoms with van der Waals surface area (Å²) < 4.78 is 25.8. The van der Waals surface area contributed by atoms with Gasteiger partial charge in [-0.25, -0.2) is 9.18 Å². The molecule has 2 N–H and O–H groups in total. The SMILES string of the molecule is COc1ccc(CN2C(=O)[C@](NC(=O)OCc3ccccc3)(c3[nH]c4cc(Cl)c(F)cc4c3/C=C(\C)[N+](=O)[O-])c3cc(Cl)ccc32)cc1. The molecule has 1 aliphatic rings. The van der Waals surface area contributed by atoms with Gasteiger partial charge in [0.25, 0.3) is 5.91 Å². The molecule has 1 aromatic heterocycles. The Hall–Kier alpha value is -5.39. The van der Waals surface area contributed by atoms with Crippen molar-refractivity contribution in [3.05, 3.63) is 145 Å². The lowest BCUT2D eigenvalue weighted by atomic mass is 9.85. The number of rotatable bonds is 9.